The van der Waals surface area contributed by atoms with E-state index >= 15 is 0 Å². The first-order valence-corrected chi connectivity index (χ1v) is 10.8. The van der Waals surface area contributed by atoms with E-state index in [0.717, 1.165) is 5.56 Å². The van der Waals surface area contributed by atoms with Crippen molar-refractivity contribution in [3.63, 3.8) is 0 Å². The average Bonchev–Trinajstić information content (AvgIpc) is 2.85. The Morgan fingerprint density at radius 1 is 1.00 bits per heavy atom. The van der Waals surface area contributed by atoms with Crippen molar-refractivity contribution in [2.24, 2.45) is 0 Å². The zero-order valence-corrected chi connectivity index (χ0v) is 17.3. The second kappa shape index (κ2) is 9.35. The molecule has 0 saturated carbocycles. The lowest BCUT2D eigenvalue weighted by Crippen LogP contribution is -2.46. The van der Waals surface area contributed by atoms with Gasteiger partial charge in [-0.1, -0.05) is 35.9 Å². The summed E-state index contributed by atoms with van der Waals surface area (Å²) in [6.07, 6.45) is 1.30. The first kappa shape index (κ1) is 21.4. The summed E-state index contributed by atoms with van der Waals surface area (Å²) in [5, 5.41) is 0. The Labute approximate surface area is 163 Å². The summed E-state index contributed by atoms with van der Waals surface area (Å²) < 4.78 is 32.4. The average molecular weight is 391 g/mol. The quantitative estimate of drug-likeness (QED) is 0.596. The normalized spacial score (nSPS) is 20.4. The van der Waals surface area contributed by atoms with Gasteiger partial charge in [-0.15, -0.1) is 0 Å². The molecule has 0 radical (unpaired) electrons. The maximum absolute atomic E-state index is 10.4. The van der Waals surface area contributed by atoms with Gasteiger partial charge in [0.1, 0.15) is 10.1 Å². The van der Waals surface area contributed by atoms with Crippen LogP contribution in [-0.2, 0) is 10.1 Å². The van der Waals surface area contributed by atoms with E-state index in [9.17, 15) is 13.0 Å². The number of likely N-dealkylation sites (N-methyl/N-ethyl adjacent to an activating group) is 1. The maximum atomic E-state index is 10.4. The highest BCUT2D eigenvalue weighted by Crippen LogP contribution is 2.18. The van der Waals surface area contributed by atoms with Crippen LogP contribution in [0.4, 0.5) is 5.69 Å². The van der Waals surface area contributed by atoms with Crippen molar-refractivity contribution in [1.82, 2.24) is 0 Å². The van der Waals surface area contributed by atoms with E-state index in [4.69, 9.17) is 0 Å². The summed E-state index contributed by atoms with van der Waals surface area (Å²) in [6, 6.07) is 16.6. The second-order valence-electron chi connectivity index (χ2n) is 7.33. The maximum Gasteiger partial charge on any atom is 0.124 e. The van der Waals surface area contributed by atoms with Crippen molar-refractivity contribution in [2.45, 2.75) is 25.2 Å². The van der Waals surface area contributed by atoms with E-state index in [1.54, 1.807) is 12.1 Å². The molecule has 0 spiro atoms. The van der Waals surface area contributed by atoms with E-state index in [0.29, 0.717) is 0 Å². The monoisotopic (exact) mass is 390 g/mol. The van der Waals surface area contributed by atoms with E-state index in [2.05, 4.69) is 49.2 Å². The summed E-state index contributed by atoms with van der Waals surface area (Å²) in [7, 11) is -1.89. The number of hydrogen-bond donors (Lipinski definition) is 0. The van der Waals surface area contributed by atoms with Crippen LogP contribution in [0.5, 0.6) is 0 Å². The molecule has 6 heteroatoms. The molecule has 0 amide bonds. The molecule has 0 aromatic heterocycles. The van der Waals surface area contributed by atoms with Crippen LogP contribution >= 0.6 is 0 Å². The SMILES string of the molecule is CC[N+]1(C)CCCN(c2ccccc2)CC1.Cc1ccc(S(=O)(=O)[O-])cc1. The lowest BCUT2D eigenvalue weighted by atomic mass is 10.2. The van der Waals surface area contributed by atoms with Gasteiger partial charge in [-0.2, -0.15) is 0 Å². The number of quaternary nitrogens is 1. The van der Waals surface area contributed by atoms with Crippen molar-refractivity contribution in [2.75, 3.05) is 44.7 Å². The van der Waals surface area contributed by atoms with Crippen LogP contribution in [0.1, 0.15) is 18.9 Å². The molecule has 2 aromatic rings. The van der Waals surface area contributed by atoms with Gasteiger partial charge in [0.05, 0.1) is 38.1 Å². The molecule has 0 aliphatic carbocycles. The molecule has 5 nitrogen and oxygen atoms in total. The number of aryl methyl sites for hydroxylation is 1. The molecule has 1 saturated heterocycles. The highest BCUT2D eigenvalue weighted by molar-refractivity contribution is 7.85. The smallest absolute Gasteiger partial charge is 0.124 e. The summed E-state index contributed by atoms with van der Waals surface area (Å²) in [6.45, 7) is 10.4. The van der Waals surface area contributed by atoms with Crippen molar-refractivity contribution in [3.05, 3.63) is 60.2 Å². The molecule has 1 aliphatic heterocycles. The molecule has 0 bridgehead atoms. The lowest BCUT2D eigenvalue weighted by Gasteiger charge is -2.32. The summed E-state index contributed by atoms with van der Waals surface area (Å²) in [5.41, 5.74) is 2.31. The molecule has 27 heavy (non-hydrogen) atoms. The minimum absolute atomic E-state index is 0.178. The van der Waals surface area contributed by atoms with Gasteiger partial charge in [-0.3, -0.25) is 0 Å². The fourth-order valence-corrected chi connectivity index (χ4v) is 3.62. The Balaban J connectivity index is 0.000000208. The minimum atomic E-state index is -4.27. The molecule has 2 aromatic carbocycles. The highest BCUT2D eigenvalue weighted by Gasteiger charge is 2.24. The van der Waals surface area contributed by atoms with Crippen molar-refractivity contribution < 1.29 is 17.5 Å². The first-order chi connectivity index (χ1) is 12.7. The molecule has 148 valence electrons. The van der Waals surface area contributed by atoms with Crippen LogP contribution in [0, 0.1) is 6.92 Å². The van der Waals surface area contributed by atoms with Crippen molar-refractivity contribution in [3.8, 4) is 0 Å². The molecule has 1 heterocycles. The van der Waals surface area contributed by atoms with Gasteiger partial charge < -0.3 is 13.9 Å². The Hall–Kier alpha value is -1.89. The molecule has 0 N–H and O–H groups in total. The van der Waals surface area contributed by atoms with Gasteiger partial charge in [0.25, 0.3) is 0 Å². The van der Waals surface area contributed by atoms with Crippen LogP contribution in [0.25, 0.3) is 0 Å². The summed E-state index contributed by atoms with van der Waals surface area (Å²) in [5.74, 6) is 0. The molecule has 1 fully saturated rings. The molecule has 1 unspecified atom stereocenters. The Morgan fingerprint density at radius 2 is 1.63 bits per heavy atom. The van der Waals surface area contributed by atoms with E-state index in [1.807, 2.05) is 6.92 Å². The largest absolute Gasteiger partial charge is 0.744 e. The predicted octanol–water partition coefficient (Wildman–Crippen LogP) is 3.26. The number of rotatable bonds is 3. The van der Waals surface area contributed by atoms with Crippen molar-refractivity contribution in [1.29, 1.82) is 0 Å². The standard InChI is InChI=1S/C14H23N2.C7H8O3S/c1-3-16(2)12-7-10-15(11-13-16)14-8-5-4-6-9-14;1-6-2-4-7(5-3-6)11(8,9)10/h4-6,8-9H,3,7,10-13H2,1-2H3;2-5H,1H3,(H,8,9,10)/q+1;/p-1. The fraction of sp³-hybridized carbons (Fsp3) is 0.429. The third-order valence-corrected chi connectivity index (χ3v) is 6.08. The predicted molar refractivity (Wildman–Crippen MR) is 109 cm³/mol. The van der Waals surface area contributed by atoms with Gasteiger partial charge in [0.2, 0.25) is 0 Å². The zero-order chi connectivity index (χ0) is 19.9. The third kappa shape index (κ3) is 6.65. The zero-order valence-electron chi connectivity index (χ0n) is 16.5. The van der Waals surface area contributed by atoms with Crippen LogP contribution in [0.3, 0.4) is 0 Å². The lowest BCUT2D eigenvalue weighted by molar-refractivity contribution is -0.905. The van der Waals surface area contributed by atoms with Crippen LogP contribution < -0.4 is 4.90 Å². The van der Waals surface area contributed by atoms with Crippen LogP contribution in [0.2, 0.25) is 0 Å². The molecular weight excluding hydrogens is 360 g/mol. The minimum Gasteiger partial charge on any atom is -0.744 e. The third-order valence-electron chi connectivity index (χ3n) is 5.23. The fourth-order valence-electron chi connectivity index (χ4n) is 3.15. The Bertz CT molecular complexity index is 807. The number of benzene rings is 2. The number of anilines is 1. The second-order valence-corrected chi connectivity index (χ2v) is 8.71. The van der Waals surface area contributed by atoms with Crippen LogP contribution in [0.15, 0.2) is 59.5 Å². The number of para-hydroxylation sites is 1. The van der Waals surface area contributed by atoms with Crippen molar-refractivity contribution >= 4 is 15.8 Å². The highest BCUT2D eigenvalue weighted by atomic mass is 32.2. The number of nitrogens with zero attached hydrogens (tertiary/aromatic N) is 2. The van der Waals surface area contributed by atoms with Gasteiger partial charge in [0, 0.05) is 18.7 Å². The number of hydrogen-bond acceptors (Lipinski definition) is 4. The van der Waals surface area contributed by atoms with Crippen LogP contribution in [-0.4, -0.2) is 57.2 Å². The molecule has 1 atom stereocenters. The topological polar surface area (TPSA) is 60.4 Å². The summed E-state index contributed by atoms with van der Waals surface area (Å²) >= 11 is 0. The Kier molecular flexibility index (Phi) is 7.41. The van der Waals surface area contributed by atoms with E-state index in [-0.39, 0.29) is 4.90 Å². The Morgan fingerprint density at radius 3 is 2.19 bits per heavy atom. The molecule has 1 aliphatic rings. The molecule has 3 rings (SSSR count). The molecular formula is C21H30N2O3S. The van der Waals surface area contributed by atoms with Gasteiger partial charge >= 0.3 is 0 Å². The first-order valence-electron chi connectivity index (χ1n) is 9.40. The van der Waals surface area contributed by atoms with Gasteiger partial charge in [-0.05, 0) is 38.1 Å². The van der Waals surface area contributed by atoms with E-state index < -0.39 is 10.1 Å². The summed E-state index contributed by atoms with van der Waals surface area (Å²) in [4.78, 5) is 2.35. The van der Waals surface area contributed by atoms with Gasteiger partial charge in [-0.25, -0.2) is 8.42 Å². The van der Waals surface area contributed by atoms with E-state index in [1.165, 1.54) is 61.4 Å². The van der Waals surface area contributed by atoms with Gasteiger partial charge in [0.15, 0.2) is 0 Å².